The smallest absolute Gasteiger partial charge is 0.270 e. The number of amides is 2. The summed E-state index contributed by atoms with van der Waals surface area (Å²) in [6.07, 6.45) is 2.18. The fourth-order valence-electron chi connectivity index (χ4n) is 3.88. The van der Waals surface area contributed by atoms with E-state index in [9.17, 15) is 19.7 Å². The minimum absolute atomic E-state index is 0.0448. The van der Waals surface area contributed by atoms with E-state index in [1.54, 1.807) is 6.08 Å². The molecule has 176 valence electrons. The van der Waals surface area contributed by atoms with Crippen LogP contribution >= 0.6 is 0 Å². The summed E-state index contributed by atoms with van der Waals surface area (Å²) < 4.78 is 0. The molecule has 0 aliphatic heterocycles. The molecule has 0 saturated carbocycles. The van der Waals surface area contributed by atoms with Crippen molar-refractivity contribution < 1.29 is 14.5 Å². The van der Waals surface area contributed by atoms with E-state index in [0.717, 1.165) is 27.7 Å². The van der Waals surface area contributed by atoms with Gasteiger partial charge in [0.1, 0.15) is 5.70 Å². The fraction of sp³-hybridized carbons (Fsp3) is 0.111. The molecule has 2 amide bonds. The summed E-state index contributed by atoms with van der Waals surface area (Å²) in [6, 6.07) is 22.5. The maximum absolute atomic E-state index is 13.1. The van der Waals surface area contributed by atoms with Gasteiger partial charge >= 0.3 is 0 Å². The molecule has 0 aliphatic carbocycles. The second-order valence-corrected chi connectivity index (χ2v) is 8.01. The molecule has 4 rings (SSSR count). The predicted octanol–water partition coefficient (Wildman–Crippen LogP) is 4.51. The number of fused-ring (bicyclic) bond motifs is 1. The zero-order chi connectivity index (χ0) is 24.8. The molecule has 0 spiro atoms. The molecular weight excluding hydrogens is 444 g/mol. The van der Waals surface area contributed by atoms with Crippen LogP contribution < -0.4 is 10.6 Å². The van der Waals surface area contributed by atoms with Crippen molar-refractivity contribution >= 4 is 34.5 Å². The highest BCUT2D eigenvalue weighted by Gasteiger charge is 2.17. The van der Waals surface area contributed by atoms with E-state index in [1.165, 1.54) is 24.3 Å². The molecule has 0 aliphatic rings. The summed E-state index contributed by atoms with van der Waals surface area (Å²) in [5.74, 6) is -1.07. The number of nitrogens with zero attached hydrogens (tertiary/aromatic N) is 1. The van der Waals surface area contributed by atoms with Crippen molar-refractivity contribution in [3.63, 3.8) is 0 Å². The lowest BCUT2D eigenvalue weighted by atomic mass is 10.1. The number of benzene rings is 3. The van der Waals surface area contributed by atoms with E-state index >= 15 is 0 Å². The molecule has 1 aromatic heterocycles. The first-order valence-electron chi connectivity index (χ1n) is 11.1. The SMILES string of the molecule is Cc1[nH]c2ccccc2c1CCNC(=O)C(=Cc1ccccc1)NC(=O)c1cccc([N+](=O)[O-])c1. The molecule has 3 N–H and O–H groups in total. The zero-order valence-electron chi connectivity index (χ0n) is 19.1. The van der Waals surface area contributed by atoms with Gasteiger partial charge in [-0.25, -0.2) is 0 Å². The Morgan fingerprint density at radius 3 is 2.51 bits per heavy atom. The number of carbonyl (C=O) groups is 2. The Kier molecular flexibility index (Phi) is 7.02. The van der Waals surface area contributed by atoms with Crippen molar-refractivity contribution in [3.8, 4) is 0 Å². The molecular formula is C27H24N4O4. The first-order valence-corrected chi connectivity index (χ1v) is 11.1. The topological polar surface area (TPSA) is 117 Å². The van der Waals surface area contributed by atoms with E-state index in [1.807, 2.05) is 61.5 Å². The van der Waals surface area contributed by atoms with Crippen LogP contribution in [0, 0.1) is 17.0 Å². The zero-order valence-corrected chi connectivity index (χ0v) is 19.1. The summed E-state index contributed by atoms with van der Waals surface area (Å²) >= 11 is 0. The van der Waals surface area contributed by atoms with Crippen molar-refractivity contribution in [3.05, 3.63) is 117 Å². The van der Waals surface area contributed by atoms with Gasteiger partial charge in [0.15, 0.2) is 0 Å². The Labute approximate surface area is 201 Å². The molecule has 0 atom stereocenters. The van der Waals surface area contributed by atoms with Crippen molar-refractivity contribution in [1.29, 1.82) is 0 Å². The van der Waals surface area contributed by atoms with Crippen LogP contribution in [0.5, 0.6) is 0 Å². The summed E-state index contributed by atoms with van der Waals surface area (Å²) in [6.45, 7) is 2.36. The molecule has 0 saturated heterocycles. The quantitative estimate of drug-likeness (QED) is 0.200. The number of nitro groups is 1. The van der Waals surface area contributed by atoms with Gasteiger partial charge in [-0.15, -0.1) is 0 Å². The summed E-state index contributed by atoms with van der Waals surface area (Å²) in [7, 11) is 0. The van der Waals surface area contributed by atoms with E-state index < -0.39 is 16.7 Å². The number of carbonyl (C=O) groups excluding carboxylic acids is 2. The normalized spacial score (nSPS) is 11.3. The number of nitro benzene ring substituents is 1. The van der Waals surface area contributed by atoms with Crippen molar-refractivity contribution in [2.45, 2.75) is 13.3 Å². The lowest BCUT2D eigenvalue weighted by Crippen LogP contribution is -2.35. The van der Waals surface area contributed by atoms with Crippen LogP contribution in [0.1, 0.15) is 27.2 Å². The number of aromatic nitrogens is 1. The van der Waals surface area contributed by atoms with Crippen molar-refractivity contribution in [2.75, 3.05) is 6.54 Å². The number of aryl methyl sites for hydroxylation is 1. The van der Waals surface area contributed by atoms with Gasteiger partial charge in [0.05, 0.1) is 4.92 Å². The van der Waals surface area contributed by atoms with Gasteiger partial charge in [0.2, 0.25) is 0 Å². The Morgan fingerprint density at radius 1 is 1.00 bits per heavy atom. The van der Waals surface area contributed by atoms with Gasteiger partial charge in [0, 0.05) is 40.8 Å². The van der Waals surface area contributed by atoms with Gasteiger partial charge in [-0.1, -0.05) is 54.6 Å². The van der Waals surface area contributed by atoms with E-state index in [2.05, 4.69) is 15.6 Å². The highest BCUT2D eigenvalue weighted by atomic mass is 16.6. The molecule has 8 heteroatoms. The van der Waals surface area contributed by atoms with Gasteiger partial charge in [-0.2, -0.15) is 0 Å². The number of hydrogen-bond acceptors (Lipinski definition) is 4. The lowest BCUT2D eigenvalue weighted by molar-refractivity contribution is -0.384. The van der Waals surface area contributed by atoms with Crippen LogP contribution in [0.4, 0.5) is 5.69 Å². The van der Waals surface area contributed by atoms with Gasteiger partial charge in [-0.3, -0.25) is 19.7 Å². The molecule has 0 unspecified atom stereocenters. The van der Waals surface area contributed by atoms with Crippen LogP contribution in [0.15, 0.2) is 84.6 Å². The van der Waals surface area contributed by atoms with Gasteiger partial charge < -0.3 is 15.6 Å². The number of non-ortho nitro benzene ring substituents is 1. The number of nitrogens with one attached hydrogen (secondary N) is 3. The first kappa shape index (κ1) is 23.4. The Balaban J connectivity index is 1.51. The fourth-order valence-corrected chi connectivity index (χ4v) is 3.88. The lowest BCUT2D eigenvalue weighted by Gasteiger charge is -2.12. The first-order chi connectivity index (χ1) is 16.9. The number of hydrogen-bond donors (Lipinski definition) is 3. The molecule has 0 fully saturated rings. The Hall–Kier alpha value is -4.72. The third-order valence-electron chi connectivity index (χ3n) is 5.61. The van der Waals surface area contributed by atoms with Crippen LogP contribution in [0.2, 0.25) is 0 Å². The molecule has 1 heterocycles. The monoisotopic (exact) mass is 468 g/mol. The Bertz CT molecular complexity index is 1420. The van der Waals surface area contributed by atoms with Crippen LogP contribution in [-0.4, -0.2) is 28.3 Å². The highest BCUT2D eigenvalue weighted by molar-refractivity contribution is 6.05. The summed E-state index contributed by atoms with van der Waals surface area (Å²) in [4.78, 5) is 39.7. The maximum atomic E-state index is 13.1. The third-order valence-corrected chi connectivity index (χ3v) is 5.61. The van der Waals surface area contributed by atoms with Crippen LogP contribution in [0.3, 0.4) is 0 Å². The number of rotatable bonds is 8. The molecule has 0 bridgehead atoms. The van der Waals surface area contributed by atoms with E-state index in [0.29, 0.717) is 13.0 Å². The van der Waals surface area contributed by atoms with E-state index in [4.69, 9.17) is 0 Å². The van der Waals surface area contributed by atoms with Crippen LogP contribution in [0.25, 0.3) is 17.0 Å². The minimum Gasteiger partial charge on any atom is -0.358 e. The van der Waals surface area contributed by atoms with Crippen LogP contribution in [-0.2, 0) is 11.2 Å². The third kappa shape index (κ3) is 5.62. The molecule has 3 aromatic carbocycles. The molecule has 4 aromatic rings. The average Bonchev–Trinajstić information content (AvgIpc) is 3.19. The maximum Gasteiger partial charge on any atom is 0.270 e. The molecule has 35 heavy (non-hydrogen) atoms. The summed E-state index contributed by atoms with van der Waals surface area (Å²) in [5, 5.41) is 17.7. The Morgan fingerprint density at radius 2 is 1.74 bits per heavy atom. The van der Waals surface area contributed by atoms with E-state index in [-0.39, 0.29) is 16.9 Å². The second-order valence-electron chi connectivity index (χ2n) is 8.01. The number of H-pyrrole nitrogens is 1. The minimum atomic E-state index is -0.612. The largest absolute Gasteiger partial charge is 0.358 e. The number of aromatic amines is 1. The number of para-hydroxylation sites is 1. The molecule has 8 nitrogen and oxygen atoms in total. The second kappa shape index (κ2) is 10.5. The predicted molar refractivity (Wildman–Crippen MR) is 135 cm³/mol. The van der Waals surface area contributed by atoms with Crippen molar-refractivity contribution in [1.82, 2.24) is 15.6 Å². The highest BCUT2D eigenvalue weighted by Crippen LogP contribution is 2.22. The van der Waals surface area contributed by atoms with Gasteiger partial charge in [-0.05, 0) is 42.7 Å². The standard InChI is InChI=1S/C27H24N4O4/c1-18-22(23-12-5-6-13-24(23)29-18)14-15-28-27(33)25(16-19-8-3-2-4-9-19)30-26(32)20-10-7-11-21(17-20)31(34)35/h2-13,16-17,29H,14-15H2,1H3,(H,28,33)(H,30,32). The van der Waals surface area contributed by atoms with Crippen molar-refractivity contribution in [2.24, 2.45) is 0 Å². The molecule has 0 radical (unpaired) electrons. The average molecular weight is 469 g/mol. The summed E-state index contributed by atoms with van der Waals surface area (Å²) in [5.41, 5.74) is 3.85. The van der Waals surface area contributed by atoms with Gasteiger partial charge in [0.25, 0.3) is 17.5 Å².